The molecule has 0 spiro atoms. The molecule has 22 heavy (non-hydrogen) atoms. The van der Waals surface area contributed by atoms with Gasteiger partial charge in [-0.25, -0.2) is 0 Å². The van der Waals surface area contributed by atoms with Gasteiger partial charge in [-0.15, -0.1) is 0 Å². The summed E-state index contributed by atoms with van der Waals surface area (Å²) in [4.78, 5) is 0. The van der Waals surface area contributed by atoms with Crippen molar-refractivity contribution >= 4 is 23.0 Å². The smallest absolute Gasteiger partial charge is 0.171 e. The van der Waals surface area contributed by atoms with E-state index >= 15 is 0 Å². The van der Waals surface area contributed by atoms with Crippen molar-refractivity contribution < 1.29 is 9.47 Å². The second-order valence-corrected chi connectivity index (χ2v) is 5.00. The molecule has 0 bridgehead atoms. The number of thiocarbonyl (C=S) groups is 1. The molecule has 2 rings (SSSR count). The van der Waals surface area contributed by atoms with E-state index in [-0.39, 0.29) is 0 Å². The number of hydrogen-bond donors (Lipinski definition) is 2. The maximum atomic E-state index is 5.57. The van der Waals surface area contributed by atoms with Gasteiger partial charge in [0.05, 0.1) is 13.7 Å². The Morgan fingerprint density at radius 3 is 2.55 bits per heavy atom. The highest BCUT2D eigenvalue weighted by Gasteiger charge is 2.05. The van der Waals surface area contributed by atoms with Crippen LogP contribution >= 0.6 is 12.2 Å². The summed E-state index contributed by atoms with van der Waals surface area (Å²) in [6.45, 7) is 3.16. The van der Waals surface area contributed by atoms with Crippen molar-refractivity contribution in [2.45, 2.75) is 13.5 Å². The van der Waals surface area contributed by atoms with Crippen molar-refractivity contribution in [3.63, 3.8) is 0 Å². The Morgan fingerprint density at radius 1 is 1.09 bits per heavy atom. The van der Waals surface area contributed by atoms with Crippen molar-refractivity contribution in [1.82, 2.24) is 5.32 Å². The molecule has 0 atom stereocenters. The third-order valence-electron chi connectivity index (χ3n) is 3.01. The number of ether oxygens (including phenoxy) is 2. The zero-order chi connectivity index (χ0) is 15.8. The average molecular weight is 316 g/mol. The molecule has 0 aliphatic rings. The van der Waals surface area contributed by atoms with E-state index in [1.54, 1.807) is 7.11 Å². The maximum absolute atomic E-state index is 5.57. The van der Waals surface area contributed by atoms with Gasteiger partial charge in [-0.1, -0.05) is 24.3 Å². The van der Waals surface area contributed by atoms with Gasteiger partial charge >= 0.3 is 0 Å². The van der Waals surface area contributed by atoms with Crippen LogP contribution in [0.4, 0.5) is 5.69 Å². The van der Waals surface area contributed by atoms with Gasteiger partial charge in [0.25, 0.3) is 0 Å². The Labute approximate surface area is 136 Å². The molecule has 2 aromatic rings. The molecule has 0 fully saturated rings. The van der Waals surface area contributed by atoms with Gasteiger partial charge < -0.3 is 20.1 Å². The number of nitrogens with one attached hydrogen (secondary N) is 2. The first-order chi connectivity index (χ1) is 10.7. The van der Waals surface area contributed by atoms with E-state index in [1.807, 2.05) is 55.5 Å². The molecule has 116 valence electrons. The highest BCUT2D eigenvalue weighted by Crippen LogP contribution is 2.27. The number of benzene rings is 2. The average Bonchev–Trinajstić information content (AvgIpc) is 2.54. The molecule has 2 aromatic carbocycles. The van der Waals surface area contributed by atoms with E-state index in [4.69, 9.17) is 21.7 Å². The van der Waals surface area contributed by atoms with Gasteiger partial charge in [0, 0.05) is 12.2 Å². The number of hydrogen-bond acceptors (Lipinski definition) is 3. The maximum Gasteiger partial charge on any atom is 0.171 e. The van der Waals surface area contributed by atoms with Gasteiger partial charge in [0.1, 0.15) is 0 Å². The van der Waals surface area contributed by atoms with Crippen LogP contribution in [0.25, 0.3) is 0 Å². The molecule has 0 aliphatic carbocycles. The summed E-state index contributed by atoms with van der Waals surface area (Å²) >= 11 is 5.29. The molecule has 0 aromatic heterocycles. The van der Waals surface area contributed by atoms with Crippen LogP contribution in [0.1, 0.15) is 12.5 Å². The van der Waals surface area contributed by atoms with Crippen LogP contribution in [0, 0.1) is 0 Å². The first kappa shape index (κ1) is 16.1. The molecular formula is C17H20N2O2S. The summed E-state index contributed by atoms with van der Waals surface area (Å²) in [5.41, 5.74) is 2.03. The molecule has 5 heteroatoms. The Morgan fingerprint density at radius 2 is 1.86 bits per heavy atom. The number of para-hydroxylation sites is 1. The van der Waals surface area contributed by atoms with E-state index in [0.29, 0.717) is 18.3 Å². The Bertz CT molecular complexity index is 617. The zero-order valence-corrected chi connectivity index (χ0v) is 13.6. The number of rotatable bonds is 6. The molecule has 0 aliphatic heterocycles. The van der Waals surface area contributed by atoms with Crippen molar-refractivity contribution in [3.8, 4) is 11.5 Å². The van der Waals surface area contributed by atoms with Crippen LogP contribution in [-0.2, 0) is 6.54 Å². The predicted octanol–water partition coefficient (Wildman–Crippen LogP) is 3.58. The predicted molar refractivity (Wildman–Crippen MR) is 93.7 cm³/mol. The summed E-state index contributed by atoms with van der Waals surface area (Å²) in [6, 6.07) is 15.7. The topological polar surface area (TPSA) is 42.5 Å². The molecule has 0 radical (unpaired) electrons. The number of methoxy groups -OCH3 is 1. The molecule has 0 saturated carbocycles. The van der Waals surface area contributed by atoms with E-state index < -0.39 is 0 Å². The minimum absolute atomic E-state index is 0.583. The van der Waals surface area contributed by atoms with Crippen LogP contribution in [0.15, 0.2) is 48.5 Å². The van der Waals surface area contributed by atoms with Gasteiger partial charge in [-0.05, 0) is 49.0 Å². The summed E-state index contributed by atoms with van der Waals surface area (Å²) in [5, 5.41) is 6.90. The zero-order valence-electron chi connectivity index (χ0n) is 12.8. The molecular weight excluding hydrogens is 296 g/mol. The van der Waals surface area contributed by atoms with Gasteiger partial charge in [-0.3, -0.25) is 0 Å². The van der Waals surface area contributed by atoms with Gasteiger partial charge in [0.15, 0.2) is 16.6 Å². The first-order valence-corrected chi connectivity index (χ1v) is 7.53. The largest absolute Gasteiger partial charge is 0.493 e. The standard InChI is InChI=1S/C17H20N2O2S/c1-3-21-16-11-13(9-10-15(16)20-2)12-18-17(22)19-14-7-5-4-6-8-14/h4-11H,3,12H2,1-2H3,(H2,18,19,22). The van der Waals surface area contributed by atoms with Gasteiger partial charge in [0.2, 0.25) is 0 Å². The first-order valence-electron chi connectivity index (χ1n) is 7.12. The Kier molecular flexibility index (Phi) is 6.03. The summed E-state index contributed by atoms with van der Waals surface area (Å²) in [7, 11) is 1.63. The van der Waals surface area contributed by atoms with Crippen molar-refractivity contribution in [2.24, 2.45) is 0 Å². The van der Waals surface area contributed by atoms with Crippen LogP contribution in [-0.4, -0.2) is 18.8 Å². The lowest BCUT2D eigenvalue weighted by atomic mass is 10.2. The fourth-order valence-corrected chi connectivity index (χ4v) is 2.17. The second kappa shape index (κ2) is 8.24. The highest BCUT2D eigenvalue weighted by molar-refractivity contribution is 7.80. The molecule has 0 amide bonds. The normalized spacial score (nSPS) is 9.91. The van der Waals surface area contributed by atoms with Crippen LogP contribution in [0.2, 0.25) is 0 Å². The minimum atomic E-state index is 0.583. The Hall–Kier alpha value is -2.27. The van der Waals surface area contributed by atoms with E-state index in [2.05, 4.69) is 10.6 Å². The molecule has 4 nitrogen and oxygen atoms in total. The molecule has 0 heterocycles. The van der Waals surface area contributed by atoms with E-state index in [1.165, 1.54) is 0 Å². The fraction of sp³-hybridized carbons (Fsp3) is 0.235. The lowest BCUT2D eigenvalue weighted by Gasteiger charge is -2.13. The quantitative estimate of drug-likeness (QED) is 0.797. The monoisotopic (exact) mass is 316 g/mol. The second-order valence-electron chi connectivity index (χ2n) is 4.59. The highest BCUT2D eigenvalue weighted by atomic mass is 32.1. The summed E-state index contributed by atoms with van der Waals surface area (Å²) in [5.74, 6) is 1.47. The lowest BCUT2D eigenvalue weighted by molar-refractivity contribution is 0.310. The number of anilines is 1. The van der Waals surface area contributed by atoms with Gasteiger partial charge in [-0.2, -0.15) is 0 Å². The molecule has 2 N–H and O–H groups in total. The van der Waals surface area contributed by atoms with Crippen molar-refractivity contribution in [1.29, 1.82) is 0 Å². The Balaban J connectivity index is 1.93. The fourth-order valence-electron chi connectivity index (χ4n) is 1.98. The summed E-state index contributed by atoms with van der Waals surface area (Å²) in [6.07, 6.45) is 0. The summed E-state index contributed by atoms with van der Waals surface area (Å²) < 4.78 is 10.8. The lowest BCUT2D eigenvalue weighted by Crippen LogP contribution is -2.27. The van der Waals surface area contributed by atoms with Crippen LogP contribution in [0.5, 0.6) is 11.5 Å². The van der Waals surface area contributed by atoms with E-state index in [0.717, 1.165) is 22.7 Å². The molecule has 0 unspecified atom stereocenters. The van der Waals surface area contributed by atoms with Crippen LogP contribution < -0.4 is 20.1 Å². The van der Waals surface area contributed by atoms with Crippen LogP contribution in [0.3, 0.4) is 0 Å². The molecule has 0 saturated heterocycles. The van der Waals surface area contributed by atoms with Crippen molar-refractivity contribution in [3.05, 3.63) is 54.1 Å². The minimum Gasteiger partial charge on any atom is -0.493 e. The third kappa shape index (κ3) is 4.63. The third-order valence-corrected chi connectivity index (χ3v) is 3.26. The SMILES string of the molecule is CCOc1cc(CNC(=S)Nc2ccccc2)ccc1OC. The van der Waals surface area contributed by atoms with E-state index in [9.17, 15) is 0 Å². The van der Waals surface area contributed by atoms with Crippen molar-refractivity contribution in [2.75, 3.05) is 19.0 Å².